The number of aromatic nitrogens is 2. The van der Waals surface area contributed by atoms with Gasteiger partial charge in [0.1, 0.15) is 29.9 Å². The van der Waals surface area contributed by atoms with Gasteiger partial charge in [-0.3, -0.25) is 9.78 Å². The molecule has 1 saturated heterocycles. The zero-order valence-corrected chi connectivity index (χ0v) is 24.6. The molecule has 4 heterocycles. The Morgan fingerprint density at radius 3 is 2.90 bits per heavy atom. The number of ether oxygens (including phenoxy) is 4. The Balaban J connectivity index is 1.44. The molecule has 2 aromatic heterocycles. The summed E-state index contributed by atoms with van der Waals surface area (Å²) < 4.78 is 37.3. The normalized spacial score (nSPS) is 16.9. The van der Waals surface area contributed by atoms with E-state index < -0.39 is 23.6 Å². The predicted octanol–water partition coefficient (Wildman–Crippen LogP) is 4.92. The molecule has 0 radical (unpaired) electrons. The van der Waals surface area contributed by atoms with E-state index in [1.165, 1.54) is 13.2 Å². The number of fused-ring (bicyclic) bond motifs is 1. The summed E-state index contributed by atoms with van der Waals surface area (Å²) in [5, 5.41) is 6.12. The lowest BCUT2D eigenvalue weighted by Crippen LogP contribution is -2.49. The van der Waals surface area contributed by atoms with Crippen molar-refractivity contribution >= 4 is 35.0 Å². The summed E-state index contributed by atoms with van der Waals surface area (Å²) in [7, 11) is 1.43. The van der Waals surface area contributed by atoms with Gasteiger partial charge >= 0.3 is 6.09 Å². The number of pyridine rings is 1. The molecule has 5 rings (SSSR count). The molecule has 0 bridgehead atoms. The average Bonchev–Trinajstić information content (AvgIpc) is 3.30. The van der Waals surface area contributed by atoms with E-state index in [0.717, 1.165) is 6.07 Å². The first-order chi connectivity index (χ1) is 20.0. The van der Waals surface area contributed by atoms with Crippen LogP contribution in [0.3, 0.4) is 0 Å². The minimum Gasteiger partial charge on any atom is -0.493 e. The number of aromatic amines is 1. The lowest BCUT2D eigenvalue weighted by molar-refractivity contribution is -0.0556. The van der Waals surface area contributed by atoms with Crippen LogP contribution < -0.4 is 20.1 Å². The van der Waals surface area contributed by atoms with Crippen LogP contribution in [-0.4, -0.2) is 78.5 Å². The number of nitrogens with zero attached hydrogens (tertiary/aromatic N) is 2. The first-order valence-corrected chi connectivity index (χ1v) is 13.9. The van der Waals surface area contributed by atoms with Gasteiger partial charge in [0.15, 0.2) is 5.75 Å². The number of rotatable bonds is 7. The van der Waals surface area contributed by atoms with Gasteiger partial charge in [0.05, 0.1) is 54.1 Å². The molecule has 3 N–H and O–H groups in total. The Hall–Kier alpha value is -4.03. The molecule has 0 unspecified atom stereocenters. The van der Waals surface area contributed by atoms with Crippen molar-refractivity contribution in [2.45, 2.75) is 38.9 Å². The van der Waals surface area contributed by atoms with Gasteiger partial charge in [0.25, 0.3) is 5.91 Å². The molecule has 2 aliphatic rings. The molecule has 2 amide bonds. The largest absolute Gasteiger partial charge is 0.493 e. The van der Waals surface area contributed by atoms with Crippen LogP contribution in [0.15, 0.2) is 30.6 Å². The molecule has 0 saturated carbocycles. The number of amides is 2. The first-order valence-electron chi connectivity index (χ1n) is 13.5. The summed E-state index contributed by atoms with van der Waals surface area (Å²) in [6, 6.07) is 4.15. The van der Waals surface area contributed by atoms with Gasteiger partial charge in [-0.1, -0.05) is 11.6 Å². The highest BCUT2D eigenvalue weighted by Crippen LogP contribution is 2.43. The number of halogens is 2. The van der Waals surface area contributed by atoms with E-state index in [9.17, 15) is 14.0 Å². The number of carbonyl (C=O) groups is 2. The van der Waals surface area contributed by atoms with Crippen molar-refractivity contribution in [1.29, 1.82) is 0 Å². The van der Waals surface area contributed by atoms with Crippen molar-refractivity contribution in [2.75, 3.05) is 45.3 Å². The number of anilines is 2. The van der Waals surface area contributed by atoms with E-state index in [4.69, 9.17) is 30.5 Å². The van der Waals surface area contributed by atoms with Crippen LogP contribution in [0, 0.1) is 5.82 Å². The predicted molar refractivity (Wildman–Crippen MR) is 154 cm³/mol. The molecule has 11 nitrogen and oxygen atoms in total. The van der Waals surface area contributed by atoms with Gasteiger partial charge < -0.3 is 39.5 Å². The Morgan fingerprint density at radius 1 is 1.33 bits per heavy atom. The summed E-state index contributed by atoms with van der Waals surface area (Å²) in [6.07, 6.45) is 2.92. The number of nitrogens with one attached hydrogen (secondary N) is 3. The van der Waals surface area contributed by atoms with Crippen LogP contribution in [0.1, 0.15) is 36.8 Å². The van der Waals surface area contributed by atoms with Crippen molar-refractivity contribution in [3.8, 4) is 22.8 Å². The van der Waals surface area contributed by atoms with Crippen LogP contribution in [0.5, 0.6) is 11.5 Å². The Bertz CT molecular complexity index is 1490. The van der Waals surface area contributed by atoms with E-state index >= 15 is 0 Å². The van der Waals surface area contributed by atoms with Gasteiger partial charge in [-0.25, -0.2) is 9.18 Å². The summed E-state index contributed by atoms with van der Waals surface area (Å²) in [6.45, 7) is 7.12. The molecule has 224 valence electrons. The van der Waals surface area contributed by atoms with Crippen LogP contribution >= 0.6 is 11.6 Å². The van der Waals surface area contributed by atoms with E-state index in [1.807, 2.05) is 20.8 Å². The lowest BCUT2D eigenvalue weighted by Gasteiger charge is -2.34. The summed E-state index contributed by atoms with van der Waals surface area (Å²) in [4.78, 5) is 34.8. The summed E-state index contributed by atoms with van der Waals surface area (Å²) >= 11 is 6.24. The molecule has 1 fully saturated rings. The minimum atomic E-state index is -0.606. The molecule has 1 aromatic carbocycles. The molecule has 13 heteroatoms. The van der Waals surface area contributed by atoms with Crippen LogP contribution in [0.25, 0.3) is 11.3 Å². The van der Waals surface area contributed by atoms with E-state index in [-0.39, 0.29) is 29.0 Å². The highest BCUT2D eigenvalue weighted by Gasteiger charge is 2.31. The van der Waals surface area contributed by atoms with Crippen molar-refractivity contribution in [3.05, 3.63) is 52.7 Å². The molecular formula is C29H33ClFN5O6. The molecule has 42 heavy (non-hydrogen) atoms. The number of morpholine rings is 1. The molecule has 2 aliphatic heterocycles. The second-order valence-corrected chi connectivity index (χ2v) is 11.3. The SMILES string of the molecule is COc1c(Cl)cc(F)cc1Nc1c(-c2ccncc2OC[C@@H]2CN(C(=O)OC(C)(C)C)CCO2)[nH]c2c1C(=O)NCC2. The fourth-order valence-electron chi connectivity index (χ4n) is 4.90. The number of hydrogen-bond acceptors (Lipinski definition) is 8. The number of benzene rings is 1. The van der Waals surface area contributed by atoms with E-state index in [0.29, 0.717) is 66.6 Å². The molecular weight excluding hydrogens is 569 g/mol. The third-order valence-electron chi connectivity index (χ3n) is 6.71. The topological polar surface area (TPSA) is 127 Å². The van der Waals surface area contributed by atoms with Gasteiger partial charge in [-0.15, -0.1) is 0 Å². The van der Waals surface area contributed by atoms with Crippen molar-refractivity contribution < 1.29 is 32.9 Å². The number of hydrogen-bond donors (Lipinski definition) is 3. The van der Waals surface area contributed by atoms with Crippen molar-refractivity contribution in [2.24, 2.45) is 0 Å². The molecule has 1 atom stereocenters. The number of methoxy groups -OCH3 is 1. The molecule has 0 spiro atoms. The maximum Gasteiger partial charge on any atom is 0.410 e. The number of H-pyrrole nitrogens is 1. The fraction of sp³-hybridized carbons (Fsp3) is 0.414. The third kappa shape index (κ3) is 6.39. The Morgan fingerprint density at radius 2 is 2.14 bits per heavy atom. The fourth-order valence-corrected chi connectivity index (χ4v) is 5.18. The minimum absolute atomic E-state index is 0.0799. The van der Waals surface area contributed by atoms with Crippen molar-refractivity contribution in [3.63, 3.8) is 0 Å². The van der Waals surface area contributed by atoms with E-state index in [1.54, 1.807) is 23.4 Å². The van der Waals surface area contributed by atoms with Gasteiger partial charge in [-0.2, -0.15) is 0 Å². The van der Waals surface area contributed by atoms with Gasteiger partial charge in [-0.05, 0) is 32.9 Å². The monoisotopic (exact) mass is 601 g/mol. The Labute approximate surface area is 247 Å². The maximum atomic E-state index is 14.4. The maximum absolute atomic E-state index is 14.4. The van der Waals surface area contributed by atoms with Gasteiger partial charge in [0.2, 0.25) is 0 Å². The second kappa shape index (κ2) is 12.1. The Kier molecular flexibility index (Phi) is 8.46. The molecule has 3 aromatic rings. The second-order valence-electron chi connectivity index (χ2n) is 10.9. The van der Waals surface area contributed by atoms with Crippen LogP contribution in [0.2, 0.25) is 5.02 Å². The highest BCUT2D eigenvalue weighted by atomic mass is 35.5. The van der Waals surface area contributed by atoms with Crippen molar-refractivity contribution in [1.82, 2.24) is 20.2 Å². The van der Waals surface area contributed by atoms with Crippen LogP contribution in [-0.2, 0) is 15.9 Å². The van der Waals surface area contributed by atoms with Crippen LogP contribution in [0.4, 0.5) is 20.6 Å². The zero-order chi connectivity index (χ0) is 30.0. The summed E-state index contributed by atoms with van der Waals surface area (Å²) in [5.41, 5.74) is 2.30. The highest BCUT2D eigenvalue weighted by molar-refractivity contribution is 6.32. The quantitative estimate of drug-likeness (QED) is 0.348. The third-order valence-corrected chi connectivity index (χ3v) is 6.99. The smallest absolute Gasteiger partial charge is 0.410 e. The average molecular weight is 602 g/mol. The summed E-state index contributed by atoms with van der Waals surface area (Å²) in [5.74, 6) is -0.205. The van der Waals surface area contributed by atoms with Gasteiger partial charge in [0, 0.05) is 43.0 Å². The number of carbonyl (C=O) groups excluding carboxylic acids is 2. The lowest BCUT2D eigenvalue weighted by atomic mass is 10.0. The zero-order valence-electron chi connectivity index (χ0n) is 23.8. The molecule has 0 aliphatic carbocycles. The van der Waals surface area contributed by atoms with E-state index in [2.05, 4.69) is 20.6 Å². The standard InChI is InChI=1S/C29H33ClFN5O6/c1-29(2,3)42-28(38)36-9-10-40-17(14-36)15-41-22-13-32-7-5-18(22)24-25(23-20(34-24)6-8-33-27(23)37)35-21-12-16(31)11-19(30)26(21)39-4/h5,7,11-13,17,34-35H,6,8-10,14-15H2,1-4H3,(H,33,37)/t17-/m0/s1. The first kappa shape index (κ1) is 29.5.